The lowest BCUT2D eigenvalue weighted by molar-refractivity contribution is 1.35. The van der Waals surface area contributed by atoms with E-state index >= 15 is 0 Å². The van der Waals surface area contributed by atoms with Crippen molar-refractivity contribution in [2.24, 2.45) is 0 Å². The fraction of sp³-hybridized carbons (Fsp3) is 0.167. The van der Waals surface area contributed by atoms with Gasteiger partial charge in [0, 0.05) is 12.4 Å². The quantitative estimate of drug-likeness (QED) is 0.526. The fourth-order valence-corrected chi connectivity index (χ4v) is 0.846. The van der Waals surface area contributed by atoms with E-state index in [1.54, 1.807) is 6.20 Å². The van der Waals surface area contributed by atoms with Crippen LogP contribution in [-0.2, 0) is 0 Å². The summed E-state index contributed by atoms with van der Waals surface area (Å²) in [5.74, 6) is 0. The molecule has 0 spiro atoms. The molecule has 3 heteroatoms. The summed E-state index contributed by atoms with van der Waals surface area (Å²) in [6.45, 7) is 2.08. The van der Waals surface area contributed by atoms with E-state index in [0.717, 1.165) is 7.28 Å². The number of hydrogen-bond acceptors (Lipinski definition) is 1. The maximum atomic E-state index is 5.66. The summed E-state index contributed by atoms with van der Waals surface area (Å²) in [5.41, 5.74) is 1.18. The molecule has 0 N–H and O–H groups in total. The molecule has 0 unspecified atom stereocenters. The average molecular weight is 139 g/mol. The largest absolute Gasteiger partial charge is 0.264 e. The predicted molar refractivity (Wildman–Crippen MR) is 41.9 cm³/mol. The number of hydrogen-bond donors (Lipinski definition) is 0. The van der Waals surface area contributed by atoms with Crippen LogP contribution in [0.2, 0.25) is 11.8 Å². The third-order valence-electron chi connectivity index (χ3n) is 1.17. The maximum Gasteiger partial charge on any atom is 0.156 e. The van der Waals surface area contributed by atoms with Crippen LogP contribution in [0.4, 0.5) is 0 Å². The first-order valence-corrected chi connectivity index (χ1v) is 3.30. The highest BCUT2D eigenvalue weighted by atomic mass is 35.5. The van der Waals surface area contributed by atoms with Crippen LogP contribution >= 0.6 is 11.6 Å². The van der Waals surface area contributed by atoms with Gasteiger partial charge in [0.05, 0.1) is 5.02 Å². The van der Waals surface area contributed by atoms with Crippen LogP contribution in [0, 0.1) is 0 Å². The van der Waals surface area contributed by atoms with Crippen LogP contribution in [0.25, 0.3) is 0 Å². The van der Waals surface area contributed by atoms with E-state index in [4.69, 9.17) is 11.6 Å². The van der Waals surface area contributed by atoms with Crippen molar-refractivity contribution in [3.63, 3.8) is 0 Å². The molecule has 0 saturated heterocycles. The Morgan fingerprint density at radius 1 is 1.56 bits per heavy atom. The van der Waals surface area contributed by atoms with E-state index in [1.165, 1.54) is 5.46 Å². The summed E-state index contributed by atoms with van der Waals surface area (Å²) in [6.07, 6.45) is 3.46. The molecule has 0 aliphatic rings. The molecule has 0 bridgehead atoms. The third-order valence-corrected chi connectivity index (χ3v) is 1.38. The molecule has 1 aromatic rings. The van der Waals surface area contributed by atoms with Crippen molar-refractivity contribution < 1.29 is 0 Å². The van der Waals surface area contributed by atoms with Crippen LogP contribution in [0.1, 0.15) is 0 Å². The van der Waals surface area contributed by atoms with Gasteiger partial charge in [-0.3, -0.25) is 4.98 Å². The zero-order valence-electron chi connectivity index (χ0n) is 5.26. The van der Waals surface area contributed by atoms with Crippen LogP contribution in [0.15, 0.2) is 18.5 Å². The van der Waals surface area contributed by atoms with Gasteiger partial charge in [-0.1, -0.05) is 23.9 Å². The lowest BCUT2D eigenvalue weighted by atomic mass is 9.74. The van der Waals surface area contributed by atoms with Crippen molar-refractivity contribution in [1.82, 2.24) is 4.98 Å². The normalized spacial score (nSPS) is 9.11. The first-order chi connectivity index (χ1) is 4.33. The van der Waals surface area contributed by atoms with Gasteiger partial charge in [0.1, 0.15) is 0 Å². The first-order valence-electron chi connectivity index (χ1n) is 2.92. The minimum absolute atomic E-state index is 0.717. The number of halogens is 1. The molecule has 1 aromatic heterocycles. The molecule has 1 rings (SSSR count). The Balaban J connectivity index is 2.94. The van der Waals surface area contributed by atoms with Crippen LogP contribution < -0.4 is 5.46 Å². The van der Waals surface area contributed by atoms with Crippen molar-refractivity contribution in [2.45, 2.75) is 6.82 Å². The highest BCUT2D eigenvalue weighted by Gasteiger charge is 1.90. The van der Waals surface area contributed by atoms with Gasteiger partial charge in [-0.15, -0.1) is 0 Å². The second kappa shape index (κ2) is 2.88. The summed E-state index contributed by atoms with van der Waals surface area (Å²) in [5, 5.41) is 0.717. The van der Waals surface area contributed by atoms with Crippen LogP contribution in [0.3, 0.4) is 0 Å². The second-order valence-corrected chi connectivity index (χ2v) is 2.30. The van der Waals surface area contributed by atoms with Gasteiger partial charge in [0.25, 0.3) is 0 Å². The molecule has 1 heterocycles. The summed E-state index contributed by atoms with van der Waals surface area (Å²) in [6, 6.07) is 1.93. The van der Waals surface area contributed by atoms with Crippen molar-refractivity contribution in [3.8, 4) is 0 Å². The van der Waals surface area contributed by atoms with Gasteiger partial charge in [-0.05, 0) is 6.07 Å². The summed E-state index contributed by atoms with van der Waals surface area (Å²) < 4.78 is 0. The molecule has 0 radical (unpaired) electrons. The molecule has 0 fully saturated rings. The molecule has 9 heavy (non-hydrogen) atoms. The molecule has 0 saturated carbocycles. The second-order valence-electron chi connectivity index (χ2n) is 1.86. The van der Waals surface area contributed by atoms with Gasteiger partial charge < -0.3 is 0 Å². The number of aromatic nitrogens is 1. The molecule has 0 aromatic carbocycles. The van der Waals surface area contributed by atoms with Crippen molar-refractivity contribution in [1.29, 1.82) is 0 Å². The molecule has 0 amide bonds. The SMILES string of the molecule is CBc1cncc(Cl)c1. The molecule has 0 aliphatic carbocycles. The highest BCUT2D eigenvalue weighted by molar-refractivity contribution is 6.52. The number of nitrogens with zero attached hydrogens (tertiary/aromatic N) is 1. The Labute approximate surface area is 60.3 Å². The lowest BCUT2D eigenvalue weighted by Gasteiger charge is -1.91. The zero-order chi connectivity index (χ0) is 6.69. The standard InChI is InChI=1S/C6H7BClN/c1-7-5-2-6(8)4-9-3-5/h2-4,7H,1H3. The molecule has 0 atom stereocenters. The zero-order valence-corrected chi connectivity index (χ0v) is 6.02. The minimum atomic E-state index is 0.717. The van der Waals surface area contributed by atoms with Gasteiger partial charge in [-0.25, -0.2) is 0 Å². The lowest BCUT2D eigenvalue weighted by Crippen LogP contribution is -2.09. The number of pyridine rings is 1. The monoisotopic (exact) mass is 139 g/mol. The van der Waals surface area contributed by atoms with Gasteiger partial charge in [0.15, 0.2) is 7.28 Å². The van der Waals surface area contributed by atoms with Crippen molar-refractivity contribution >= 4 is 24.3 Å². The third kappa shape index (κ3) is 1.72. The van der Waals surface area contributed by atoms with Crippen molar-refractivity contribution in [2.75, 3.05) is 0 Å². The predicted octanol–water partition coefficient (Wildman–Crippen LogP) is 0.845. The fourth-order valence-electron chi connectivity index (χ4n) is 0.649. The number of rotatable bonds is 1. The first kappa shape index (κ1) is 6.62. The topological polar surface area (TPSA) is 12.9 Å². The molecular formula is C6H7BClN. The Morgan fingerprint density at radius 3 is 2.78 bits per heavy atom. The average Bonchev–Trinajstić information content (AvgIpc) is 1.88. The van der Waals surface area contributed by atoms with Gasteiger partial charge in [0.2, 0.25) is 0 Å². The highest BCUT2D eigenvalue weighted by Crippen LogP contribution is 2.00. The minimum Gasteiger partial charge on any atom is -0.264 e. The molecule has 46 valence electrons. The Morgan fingerprint density at radius 2 is 2.33 bits per heavy atom. The van der Waals surface area contributed by atoms with E-state index in [1.807, 2.05) is 12.3 Å². The van der Waals surface area contributed by atoms with E-state index in [2.05, 4.69) is 11.8 Å². The Bertz CT molecular complexity index is 202. The van der Waals surface area contributed by atoms with Gasteiger partial charge in [-0.2, -0.15) is 0 Å². The van der Waals surface area contributed by atoms with Crippen LogP contribution in [0.5, 0.6) is 0 Å². The molecule has 1 nitrogen and oxygen atoms in total. The van der Waals surface area contributed by atoms with E-state index in [0.29, 0.717) is 5.02 Å². The Kier molecular flexibility index (Phi) is 2.12. The van der Waals surface area contributed by atoms with E-state index in [-0.39, 0.29) is 0 Å². The van der Waals surface area contributed by atoms with E-state index < -0.39 is 0 Å². The van der Waals surface area contributed by atoms with E-state index in [9.17, 15) is 0 Å². The smallest absolute Gasteiger partial charge is 0.156 e. The molecule has 0 aliphatic heterocycles. The van der Waals surface area contributed by atoms with Gasteiger partial charge >= 0.3 is 0 Å². The summed E-state index contributed by atoms with van der Waals surface area (Å²) in [7, 11) is 0.994. The summed E-state index contributed by atoms with van der Waals surface area (Å²) in [4.78, 5) is 3.92. The van der Waals surface area contributed by atoms with Crippen LogP contribution in [-0.4, -0.2) is 12.3 Å². The summed E-state index contributed by atoms with van der Waals surface area (Å²) >= 11 is 5.66. The van der Waals surface area contributed by atoms with Crippen molar-refractivity contribution in [3.05, 3.63) is 23.5 Å². The Hall–Kier alpha value is -0.495. The maximum absolute atomic E-state index is 5.66. The molecular weight excluding hydrogens is 132 g/mol.